The van der Waals surface area contributed by atoms with E-state index in [1.807, 2.05) is 32.4 Å². The molecule has 0 amide bonds. The van der Waals surface area contributed by atoms with Gasteiger partial charge in [-0.2, -0.15) is 5.10 Å². The fraction of sp³-hybridized carbons (Fsp3) is 0.538. The quantitative estimate of drug-likeness (QED) is 0.595. The molecule has 0 aromatic carbocycles. The highest BCUT2D eigenvalue weighted by molar-refractivity contribution is 5.78. The van der Waals surface area contributed by atoms with Gasteiger partial charge in [-0.25, -0.2) is 0 Å². The van der Waals surface area contributed by atoms with Crippen LogP contribution in [-0.4, -0.2) is 22.9 Å². The number of aromatic nitrogens is 2. The molecular weight excluding hydrogens is 216 g/mol. The first kappa shape index (κ1) is 13.5. The maximum absolute atomic E-state index is 11.6. The summed E-state index contributed by atoms with van der Waals surface area (Å²) in [5, 5.41) is 4.44. The molecule has 0 aliphatic heterocycles. The standard InChI is InChI=1S/C13H20N2O2/c1-8(2)7-15-11(5)12(10(4)14-15)9(3)13(16)17-6/h9H,1,7H2,2-6H3/t9-/m1/s1. The number of rotatable bonds is 4. The van der Waals surface area contributed by atoms with Crippen LogP contribution >= 0.6 is 0 Å². The molecule has 1 atom stereocenters. The van der Waals surface area contributed by atoms with E-state index >= 15 is 0 Å². The Labute approximate surface area is 102 Å². The van der Waals surface area contributed by atoms with Crippen molar-refractivity contribution >= 4 is 5.97 Å². The highest BCUT2D eigenvalue weighted by atomic mass is 16.5. The van der Waals surface area contributed by atoms with Crippen molar-refractivity contribution in [2.75, 3.05) is 7.11 Å². The number of esters is 1. The van der Waals surface area contributed by atoms with E-state index in [1.54, 1.807) is 0 Å². The molecule has 4 heteroatoms. The Morgan fingerprint density at radius 1 is 1.53 bits per heavy atom. The maximum Gasteiger partial charge on any atom is 0.312 e. The van der Waals surface area contributed by atoms with Gasteiger partial charge < -0.3 is 4.74 Å². The highest BCUT2D eigenvalue weighted by Crippen LogP contribution is 2.24. The SMILES string of the molecule is C=C(C)Cn1nc(C)c([C@@H](C)C(=O)OC)c1C. The number of nitrogens with zero attached hydrogens (tertiary/aromatic N) is 2. The Morgan fingerprint density at radius 2 is 2.12 bits per heavy atom. The minimum atomic E-state index is -0.279. The molecule has 0 N–H and O–H groups in total. The molecule has 17 heavy (non-hydrogen) atoms. The number of allylic oxidation sites excluding steroid dienone is 1. The zero-order chi connectivity index (χ0) is 13.2. The zero-order valence-corrected chi connectivity index (χ0v) is 11.2. The van der Waals surface area contributed by atoms with Crippen LogP contribution in [0.1, 0.15) is 36.7 Å². The van der Waals surface area contributed by atoms with Crippen molar-refractivity contribution in [2.45, 2.75) is 40.2 Å². The smallest absolute Gasteiger partial charge is 0.312 e. The molecule has 0 aliphatic rings. The topological polar surface area (TPSA) is 44.1 Å². The van der Waals surface area contributed by atoms with Gasteiger partial charge in [0.05, 0.1) is 25.3 Å². The monoisotopic (exact) mass is 236 g/mol. The number of ether oxygens (including phenoxy) is 1. The van der Waals surface area contributed by atoms with Crippen molar-refractivity contribution in [3.05, 3.63) is 29.1 Å². The summed E-state index contributed by atoms with van der Waals surface area (Å²) in [5.41, 5.74) is 3.87. The van der Waals surface area contributed by atoms with Gasteiger partial charge in [0, 0.05) is 11.3 Å². The number of hydrogen-bond donors (Lipinski definition) is 0. The van der Waals surface area contributed by atoms with Crippen molar-refractivity contribution in [3.8, 4) is 0 Å². The molecule has 0 aliphatic carbocycles. The normalized spacial score (nSPS) is 12.3. The summed E-state index contributed by atoms with van der Waals surface area (Å²) in [6.45, 7) is 12.2. The molecule has 0 spiro atoms. The van der Waals surface area contributed by atoms with Crippen LogP contribution in [0.4, 0.5) is 0 Å². The lowest BCUT2D eigenvalue weighted by Crippen LogP contribution is -2.12. The van der Waals surface area contributed by atoms with E-state index in [-0.39, 0.29) is 11.9 Å². The molecule has 0 bridgehead atoms. The van der Waals surface area contributed by atoms with E-state index < -0.39 is 0 Å². The van der Waals surface area contributed by atoms with Crippen molar-refractivity contribution < 1.29 is 9.53 Å². The van der Waals surface area contributed by atoms with E-state index in [9.17, 15) is 4.79 Å². The summed E-state index contributed by atoms with van der Waals surface area (Å²) in [7, 11) is 1.40. The van der Waals surface area contributed by atoms with Crippen LogP contribution in [0.25, 0.3) is 0 Å². The Morgan fingerprint density at radius 3 is 2.59 bits per heavy atom. The molecule has 94 valence electrons. The van der Waals surface area contributed by atoms with E-state index in [0.29, 0.717) is 6.54 Å². The average molecular weight is 236 g/mol. The molecule has 0 fully saturated rings. The van der Waals surface area contributed by atoms with Gasteiger partial charge in [-0.3, -0.25) is 9.48 Å². The van der Waals surface area contributed by atoms with E-state index in [2.05, 4.69) is 11.7 Å². The van der Waals surface area contributed by atoms with Gasteiger partial charge in [-0.05, 0) is 27.7 Å². The van der Waals surface area contributed by atoms with E-state index in [0.717, 1.165) is 22.5 Å². The molecular formula is C13H20N2O2. The largest absolute Gasteiger partial charge is 0.469 e. The summed E-state index contributed by atoms with van der Waals surface area (Å²) in [6.07, 6.45) is 0. The Bertz CT molecular complexity index is 447. The fourth-order valence-electron chi connectivity index (χ4n) is 2.04. The lowest BCUT2D eigenvalue weighted by molar-refractivity contribution is -0.142. The highest BCUT2D eigenvalue weighted by Gasteiger charge is 2.23. The molecule has 4 nitrogen and oxygen atoms in total. The lowest BCUT2D eigenvalue weighted by atomic mass is 9.99. The third-order valence-corrected chi connectivity index (χ3v) is 2.84. The van der Waals surface area contributed by atoms with Gasteiger partial charge in [-0.1, -0.05) is 12.2 Å². The van der Waals surface area contributed by atoms with E-state index in [1.165, 1.54) is 7.11 Å². The third-order valence-electron chi connectivity index (χ3n) is 2.84. The first-order valence-corrected chi connectivity index (χ1v) is 5.64. The number of hydrogen-bond acceptors (Lipinski definition) is 3. The molecule has 0 unspecified atom stereocenters. The summed E-state index contributed by atoms with van der Waals surface area (Å²) < 4.78 is 6.65. The summed E-state index contributed by atoms with van der Waals surface area (Å²) in [6, 6.07) is 0. The predicted octanol–water partition coefficient (Wildman–Crippen LogP) is 2.35. The van der Waals surface area contributed by atoms with Gasteiger partial charge >= 0.3 is 5.97 Å². The molecule has 0 radical (unpaired) electrons. The van der Waals surface area contributed by atoms with Crippen LogP contribution in [-0.2, 0) is 16.1 Å². The van der Waals surface area contributed by atoms with Crippen molar-refractivity contribution in [2.24, 2.45) is 0 Å². The summed E-state index contributed by atoms with van der Waals surface area (Å²) in [5.74, 6) is -0.509. The molecule has 1 aromatic heterocycles. The second-order valence-electron chi connectivity index (χ2n) is 4.44. The minimum Gasteiger partial charge on any atom is -0.469 e. The van der Waals surface area contributed by atoms with Crippen LogP contribution < -0.4 is 0 Å². The van der Waals surface area contributed by atoms with E-state index in [4.69, 9.17) is 4.74 Å². The molecule has 0 saturated heterocycles. The van der Waals surface area contributed by atoms with Gasteiger partial charge in [0.2, 0.25) is 0 Å². The van der Waals surface area contributed by atoms with Gasteiger partial charge in [0.25, 0.3) is 0 Å². The zero-order valence-electron chi connectivity index (χ0n) is 11.2. The number of methoxy groups -OCH3 is 1. The summed E-state index contributed by atoms with van der Waals surface area (Å²) >= 11 is 0. The second kappa shape index (κ2) is 5.17. The molecule has 1 aromatic rings. The van der Waals surface area contributed by atoms with Crippen LogP contribution in [0.2, 0.25) is 0 Å². The Hall–Kier alpha value is -1.58. The second-order valence-corrected chi connectivity index (χ2v) is 4.44. The molecule has 0 saturated carbocycles. The van der Waals surface area contributed by atoms with Gasteiger partial charge in [-0.15, -0.1) is 0 Å². The number of carbonyl (C=O) groups excluding carboxylic acids is 1. The van der Waals surface area contributed by atoms with Crippen molar-refractivity contribution in [3.63, 3.8) is 0 Å². The van der Waals surface area contributed by atoms with Crippen LogP contribution in [0.3, 0.4) is 0 Å². The predicted molar refractivity (Wildman–Crippen MR) is 66.9 cm³/mol. The molecule has 1 heterocycles. The van der Waals surface area contributed by atoms with Crippen LogP contribution in [0.15, 0.2) is 12.2 Å². The maximum atomic E-state index is 11.6. The van der Waals surface area contributed by atoms with Gasteiger partial charge in [0.15, 0.2) is 0 Å². The number of carbonyl (C=O) groups is 1. The van der Waals surface area contributed by atoms with Crippen molar-refractivity contribution in [1.29, 1.82) is 0 Å². The summed E-state index contributed by atoms with van der Waals surface area (Å²) in [4.78, 5) is 11.6. The number of aryl methyl sites for hydroxylation is 1. The molecule has 1 rings (SSSR count). The Kier molecular flexibility index (Phi) is 4.10. The first-order valence-electron chi connectivity index (χ1n) is 5.64. The third kappa shape index (κ3) is 2.75. The average Bonchev–Trinajstić information content (AvgIpc) is 2.51. The van der Waals surface area contributed by atoms with Crippen molar-refractivity contribution in [1.82, 2.24) is 9.78 Å². The van der Waals surface area contributed by atoms with Crippen LogP contribution in [0, 0.1) is 13.8 Å². The lowest BCUT2D eigenvalue weighted by Gasteiger charge is -2.10. The minimum absolute atomic E-state index is 0.230. The Balaban J connectivity index is 3.13. The first-order chi connectivity index (χ1) is 7.88. The van der Waals surface area contributed by atoms with Crippen LogP contribution in [0.5, 0.6) is 0 Å². The van der Waals surface area contributed by atoms with Gasteiger partial charge in [0.1, 0.15) is 0 Å². The fourth-order valence-corrected chi connectivity index (χ4v) is 2.04.